The molecule has 8 heteroatoms. The summed E-state index contributed by atoms with van der Waals surface area (Å²) in [5, 5.41) is 3.34. The predicted molar refractivity (Wildman–Crippen MR) is 84.3 cm³/mol. The Balaban J connectivity index is 2.59. The summed E-state index contributed by atoms with van der Waals surface area (Å²) in [6.45, 7) is 5.13. The lowest BCUT2D eigenvalue weighted by atomic mass is 10.3. The average Bonchev–Trinajstić information content (AvgIpc) is 2.32. The summed E-state index contributed by atoms with van der Waals surface area (Å²) in [5.74, 6) is -0.594. The van der Waals surface area contributed by atoms with Gasteiger partial charge < -0.3 is 5.32 Å². The van der Waals surface area contributed by atoms with E-state index in [9.17, 15) is 12.8 Å². The molecule has 0 aliphatic heterocycles. The molecule has 0 saturated carbocycles. The Hall–Kier alpha value is -0.890. The zero-order valence-electron chi connectivity index (χ0n) is 12.4. The summed E-state index contributed by atoms with van der Waals surface area (Å²) in [4.78, 5) is 0. The van der Waals surface area contributed by atoms with Crippen LogP contribution in [0.25, 0.3) is 0 Å². The molecule has 0 saturated heterocycles. The van der Waals surface area contributed by atoms with Crippen LogP contribution in [0.5, 0.6) is 0 Å². The van der Waals surface area contributed by atoms with Crippen LogP contribution in [0.4, 0.5) is 10.1 Å². The van der Waals surface area contributed by atoms with Gasteiger partial charge in [0.2, 0.25) is 0 Å². The summed E-state index contributed by atoms with van der Waals surface area (Å²) in [6, 6.07) is 3.91. The van der Waals surface area contributed by atoms with Crippen molar-refractivity contribution >= 4 is 27.5 Å². The lowest BCUT2D eigenvalue weighted by molar-refractivity contribution is 0.451. The lowest BCUT2D eigenvalue weighted by Gasteiger charge is -2.19. The first-order valence-electron chi connectivity index (χ1n) is 6.64. The molecule has 2 N–H and O–H groups in total. The smallest absolute Gasteiger partial charge is 0.301 e. The van der Waals surface area contributed by atoms with E-state index in [0.29, 0.717) is 19.0 Å². The van der Waals surface area contributed by atoms with Crippen molar-refractivity contribution in [2.45, 2.75) is 26.3 Å². The average molecular weight is 338 g/mol. The largest absolute Gasteiger partial charge is 0.314 e. The molecule has 0 fully saturated rings. The monoisotopic (exact) mass is 337 g/mol. The summed E-state index contributed by atoms with van der Waals surface area (Å²) >= 11 is 5.69. The fourth-order valence-electron chi connectivity index (χ4n) is 1.65. The van der Waals surface area contributed by atoms with Crippen LogP contribution < -0.4 is 10.0 Å². The molecule has 120 valence electrons. The maximum absolute atomic E-state index is 13.2. The van der Waals surface area contributed by atoms with Crippen LogP contribution >= 0.6 is 11.6 Å². The number of hydrogen-bond acceptors (Lipinski definition) is 3. The van der Waals surface area contributed by atoms with E-state index >= 15 is 0 Å². The van der Waals surface area contributed by atoms with Crippen LogP contribution in [0, 0.1) is 5.82 Å². The minimum absolute atomic E-state index is 0.104. The number of nitrogens with zero attached hydrogens (tertiary/aromatic N) is 1. The van der Waals surface area contributed by atoms with Gasteiger partial charge in [0.25, 0.3) is 0 Å². The van der Waals surface area contributed by atoms with E-state index in [2.05, 4.69) is 10.0 Å². The van der Waals surface area contributed by atoms with Crippen molar-refractivity contribution in [1.29, 1.82) is 0 Å². The molecule has 1 aromatic rings. The summed E-state index contributed by atoms with van der Waals surface area (Å²) in [6.07, 6.45) is 0.680. The van der Waals surface area contributed by atoms with E-state index < -0.39 is 16.0 Å². The minimum atomic E-state index is -3.72. The number of rotatable bonds is 8. The Morgan fingerprint density at radius 3 is 2.57 bits per heavy atom. The Morgan fingerprint density at radius 1 is 1.33 bits per heavy atom. The summed E-state index contributed by atoms with van der Waals surface area (Å²) in [5.41, 5.74) is 0.104. The first-order chi connectivity index (χ1) is 9.70. The van der Waals surface area contributed by atoms with Crippen molar-refractivity contribution in [3.63, 3.8) is 0 Å². The molecule has 0 radical (unpaired) electrons. The number of halogens is 2. The topological polar surface area (TPSA) is 61.4 Å². The molecular formula is C13H21ClFN3O2S. The van der Waals surface area contributed by atoms with Crippen molar-refractivity contribution < 1.29 is 12.8 Å². The van der Waals surface area contributed by atoms with E-state index in [0.717, 1.165) is 18.7 Å². The second kappa shape index (κ2) is 7.93. The first-order valence-corrected chi connectivity index (χ1v) is 8.46. The van der Waals surface area contributed by atoms with E-state index in [1.807, 2.05) is 13.8 Å². The lowest BCUT2D eigenvalue weighted by Crippen LogP contribution is -2.35. The van der Waals surface area contributed by atoms with Gasteiger partial charge >= 0.3 is 10.2 Å². The molecule has 0 bridgehead atoms. The van der Waals surface area contributed by atoms with Gasteiger partial charge in [0.15, 0.2) is 0 Å². The second-order valence-corrected chi connectivity index (χ2v) is 7.26. The quantitative estimate of drug-likeness (QED) is 0.716. The molecule has 21 heavy (non-hydrogen) atoms. The summed E-state index contributed by atoms with van der Waals surface area (Å²) < 4.78 is 40.8. The third kappa shape index (κ3) is 6.60. The highest BCUT2D eigenvalue weighted by Crippen LogP contribution is 2.19. The molecular weight excluding hydrogens is 317 g/mol. The second-order valence-electron chi connectivity index (χ2n) is 5.05. The van der Waals surface area contributed by atoms with Gasteiger partial charge in [-0.25, -0.2) is 4.39 Å². The predicted octanol–water partition coefficient (Wildman–Crippen LogP) is 2.46. The van der Waals surface area contributed by atoms with E-state index in [1.165, 1.54) is 17.4 Å². The fourth-order valence-corrected chi connectivity index (χ4v) is 2.82. The van der Waals surface area contributed by atoms with Gasteiger partial charge in [-0.15, -0.1) is 0 Å². The zero-order valence-corrected chi connectivity index (χ0v) is 13.9. The molecule has 0 heterocycles. The van der Waals surface area contributed by atoms with Crippen LogP contribution in [0.3, 0.4) is 0 Å². The maximum atomic E-state index is 13.2. The van der Waals surface area contributed by atoms with Crippen molar-refractivity contribution in [1.82, 2.24) is 9.62 Å². The van der Waals surface area contributed by atoms with Crippen LogP contribution in [0.15, 0.2) is 18.2 Å². The molecule has 0 unspecified atom stereocenters. The van der Waals surface area contributed by atoms with E-state index in [4.69, 9.17) is 11.6 Å². The van der Waals surface area contributed by atoms with Gasteiger partial charge in [0, 0.05) is 24.7 Å². The molecule has 0 aliphatic rings. The molecule has 1 rings (SSSR count). The highest BCUT2D eigenvalue weighted by Gasteiger charge is 2.17. The molecule has 0 spiro atoms. The third-order valence-electron chi connectivity index (χ3n) is 2.72. The van der Waals surface area contributed by atoms with Gasteiger partial charge in [-0.3, -0.25) is 4.72 Å². The number of benzene rings is 1. The van der Waals surface area contributed by atoms with Crippen molar-refractivity contribution in [2.24, 2.45) is 0 Å². The Labute approximate surface area is 130 Å². The molecule has 0 atom stereocenters. The third-order valence-corrected chi connectivity index (χ3v) is 4.44. The zero-order chi connectivity index (χ0) is 16.0. The highest BCUT2D eigenvalue weighted by molar-refractivity contribution is 7.90. The molecule has 0 aromatic heterocycles. The Morgan fingerprint density at radius 2 is 2.00 bits per heavy atom. The number of hydrogen-bond donors (Lipinski definition) is 2. The van der Waals surface area contributed by atoms with Crippen molar-refractivity contribution in [3.05, 3.63) is 29.0 Å². The van der Waals surface area contributed by atoms with Gasteiger partial charge in [0.05, 0.1) is 5.69 Å². The SMILES string of the molecule is CC(C)NCCCN(C)S(=O)(=O)Nc1cc(F)cc(Cl)c1. The van der Waals surface area contributed by atoms with Crippen molar-refractivity contribution in [2.75, 3.05) is 24.9 Å². The number of nitrogens with one attached hydrogen (secondary N) is 2. The summed E-state index contributed by atoms with van der Waals surface area (Å²) in [7, 11) is -2.25. The van der Waals surface area contributed by atoms with Crippen LogP contribution in [-0.4, -0.2) is 38.9 Å². The van der Waals surface area contributed by atoms with Crippen LogP contribution in [-0.2, 0) is 10.2 Å². The Kier molecular flexibility index (Phi) is 6.86. The highest BCUT2D eigenvalue weighted by atomic mass is 35.5. The first kappa shape index (κ1) is 18.2. The van der Waals surface area contributed by atoms with Gasteiger partial charge in [-0.2, -0.15) is 12.7 Å². The maximum Gasteiger partial charge on any atom is 0.301 e. The Bertz CT molecular complexity index is 546. The molecule has 5 nitrogen and oxygen atoms in total. The van der Waals surface area contributed by atoms with E-state index in [-0.39, 0.29) is 10.7 Å². The van der Waals surface area contributed by atoms with Crippen LogP contribution in [0.2, 0.25) is 5.02 Å². The van der Waals surface area contributed by atoms with Gasteiger partial charge in [0.1, 0.15) is 5.82 Å². The normalized spacial score (nSPS) is 12.1. The van der Waals surface area contributed by atoms with Crippen LogP contribution in [0.1, 0.15) is 20.3 Å². The van der Waals surface area contributed by atoms with Crippen molar-refractivity contribution in [3.8, 4) is 0 Å². The minimum Gasteiger partial charge on any atom is -0.314 e. The van der Waals surface area contributed by atoms with E-state index in [1.54, 1.807) is 0 Å². The molecule has 0 aliphatic carbocycles. The standard InChI is InChI=1S/C13H21ClFN3O2S/c1-10(2)16-5-4-6-18(3)21(19,20)17-13-8-11(14)7-12(15)9-13/h7-10,16-17H,4-6H2,1-3H3. The fraction of sp³-hybridized carbons (Fsp3) is 0.538. The number of anilines is 1. The molecule has 1 aromatic carbocycles. The molecule has 0 amide bonds. The van der Waals surface area contributed by atoms with Gasteiger partial charge in [-0.1, -0.05) is 25.4 Å². The van der Waals surface area contributed by atoms with Gasteiger partial charge in [-0.05, 0) is 31.2 Å².